The quantitative estimate of drug-likeness (QED) is 0.158. The van der Waals surface area contributed by atoms with Gasteiger partial charge in [-0.25, -0.2) is 0 Å². The topological polar surface area (TPSA) is 187 Å². The minimum atomic E-state index is -5.30. The lowest BCUT2D eigenvalue weighted by Crippen LogP contribution is -2.21. The number of halogens is 2. The highest BCUT2D eigenvalue weighted by molar-refractivity contribution is 7.86. The van der Waals surface area contributed by atoms with E-state index in [-0.39, 0.29) is 12.1 Å². The number of hydrogen-bond acceptors (Lipinski definition) is 9. The highest BCUT2D eigenvalue weighted by Gasteiger charge is 2.37. The van der Waals surface area contributed by atoms with Crippen molar-refractivity contribution in [1.29, 1.82) is 0 Å². The molecule has 0 saturated carbocycles. The van der Waals surface area contributed by atoms with E-state index in [9.17, 15) is 38.8 Å². The molecule has 1 aromatic rings. The lowest BCUT2D eigenvalue weighted by Gasteiger charge is -2.13. The number of nitrogens with zero attached hydrogens (tertiary/aromatic N) is 4. The fourth-order valence-corrected chi connectivity index (χ4v) is 3.41. The summed E-state index contributed by atoms with van der Waals surface area (Å²) in [5, 5.41) is 31.7. The van der Waals surface area contributed by atoms with Gasteiger partial charge in [0.05, 0.1) is 26.9 Å². The molecule has 1 aromatic carbocycles. The molecular weight excluding hydrogens is 471 g/mol. The number of non-ortho nitro benzene ring substituents is 1. The van der Waals surface area contributed by atoms with E-state index in [0.29, 0.717) is 0 Å². The molecule has 0 saturated heterocycles. The first-order chi connectivity index (χ1) is 13.9. The fraction of sp³-hybridized carbons (Fsp3) is 0.571. The molecule has 16 heteroatoms. The minimum Gasteiger partial charge on any atom is -0.305 e. The molecule has 0 fully saturated rings. The summed E-state index contributed by atoms with van der Waals surface area (Å²) in [6, 6.07) is 0.409. The van der Waals surface area contributed by atoms with Crippen LogP contribution in [0.15, 0.2) is 17.0 Å². The van der Waals surface area contributed by atoms with Gasteiger partial charge < -0.3 is 4.90 Å². The second kappa shape index (κ2) is 13.2. The molecular formula is C14H20Cl2N4O9S. The average molecular weight is 491 g/mol. The SMILES string of the molecule is CN(CCCl)CCCCCCl.O=[N+]([O-])c1cc([N+](=O)[O-])c(S(=O)(=O)O)c([N+](=O)[O-])c1. The molecule has 0 heterocycles. The number of nitro groups is 3. The molecule has 0 spiro atoms. The van der Waals surface area contributed by atoms with Crippen molar-refractivity contribution in [2.24, 2.45) is 0 Å². The van der Waals surface area contributed by atoms with Gasteiger partial charge in [0.1, 0.15) is 0 Å². The van der Waals surface area contributed by atoms with Crippen molar-refractivity contribution < 1.29 is 27.7 Å². The molecule has 30 heavy (non-hydrogen) atoms. The lowest BCUT2D eigenvalue weighted by atomic mass is 10.2. The van der Waals surface area contributed by atoms with Crippen LogP contribution >= 0.6 is 23.2 Å². The van der Waals surface area contributed by atoms with Crippen LogP contribution in [-0.2, 0) is 10.1 Å². The third kappa shape index (κ3) is 9.58. The highest BCUT2D eigenvalue weighted by Crippen LogP contribution is 2.36. The Kier molecular flexibility index (Phi) is 12.3. The summed E-state index contributed by atoms with van der Waals surface area (Å²) in [5.41, 5.74) is -3.96. The van der Waals surface area contributed by atoms with Crippen molar-refractivity contribution in [2.75, 3.05) is 31.9 Å². The van der Waals surface area contributed by atoms with E-state index in [0.717, 1.165) is 31.3 Å². The van der Waals surface area contributed by atoms with Crippen LogP contribution in [0.25, 0.3) is 0 Å². The molecule has 0 bridgehead atoms. The first-order valence-corrected chi connectivity index (χ1v) is 10.8. The molecule has 0 aliphatic rings. The van der Waals surface area contributed by atoms with Crippen molar-refractivity contribution in [3.05, 3.63) is 42.5 Å². The zero-order chi connectivity index (χ0) is 23.5. The number of hydrogen-bond donors (Lipinski definition) is 1. The first kappa shape index (κ1) is 27.9. The van der Waals surface area contributed by atoms with Crippen molar-refractivity contribution in [3.8, 4) is 0 Å². The molecule has 0 aliphatic carbocycles. The number of unbranched alkanes of at least 4 members (excludes halogenated alkanes) is 2. The van der Waals surface area contributed by atoms with Gasteiger partial charge in [0, 0.05) is 18.3 Å². The van der Waals surface area contributed by atoms with E-state index in [1.165, 1.54) is 12.8 Å². The monoisotopic (exact) mass is 490 g/mol. The van der Waals surface area contributed by atoms with Crippen molar-refractivity contribution in [2.45, 2.75) is 24.2 Å². The predicted octanol–water partition coefficient (Wildman–Crippen LogP) is 3.22. The second-order valence-electron chi connectivity index (χ2n) is 5.80. The third-order valence-electron chi connectivity index (χ3n) is 3.54. The van der Waals surface area contributed by atoms with Crippen LogP contribution in [0.1, 0.15) is 19.3 Å². The van der Waals surface area contributed by atoms with Crippen LogP contribution in [0.4, 0.5) is 17.1 Å². The zero-order valence-corrected chi connectivity index (χ0v) is 18.1. The second-order valence-corrected chi connectivity index (χ2v) is 7.92. The Labute approximate surface area is 181 Å². The number of alkyl halides is 2. The van der Waals surface area contributed by atoms with Gasteiger partial charge in [-0.2, -0.15) is 8.42 Å². The van der Waals surface area contributed by atoms with Crippen LogP contribution in [0.5, 0.6) is 0 Å². The Bertz CT molecular complexity index is 832. The van der Waals surface area contributed by atoms with E-state index < -0.39 is 46.8 Å². The van der Waals surface area contributed by atoms with E-state index >= 15 is 0 Å². The largest absolute Gasteiger partial charge is 0.308 e. The van der Waals surface area contributed by atoms with E-state index in [1.54, 1.807) is 0 Å². The third-order valence-corrected chi connectivity index (χ3v) is 4.91. The molecule has 0 amide bonds. The Balaban J connectivity index is 0.000000654. The summed E-state index contributed by atoms with van der Waals surface area (Å²) < 4.78 is 30.7. The first-order valence-electron chi connectivity index (χ1n) is 8.26. The standard InChI is InChI=1S/C8H17Cl2N.C6H3N3O9S/c1-11(8-6-10)7-4-2-3-5-9;10-7(11)3-1-4(8(12)13)6(19(16,17)18)5(2-3)9(14)15/h2-8H2,1H3;1-2H,(H,16,17,18). The van der Waals surface area contributed by atoms with Crippen LogP contribution < -0.4 is 0 Å². The maximum atomic E-state index is 10.9. The smallest absolute Gasteiger partial charge is 0.305 e. The Hall–Kier alpha value is -2.13. The Morgan fingerprint density at radius 1 is 0.900 bits per heavy atom. The average Bonchev–Trinajstić information content (AvgIpc) is 2.64. The minimum absolute atomic E-state index is 0.204. The Morgan fingerprint density at radius 3 is 1.73 bits per heavy atom. The summed E-state index contributed by atoms with van der Waals surface area (Å²) in [5.74, 6) is 1.52. The fourth-order valence-electron chi connectivity index (χ4n) is 2.13. The van der Waals surface area contributed by atoms with Crippen molar-refractivity contribution in [3.63, 3.8) is 0 Å². The predicted molar refractivity (Wildman–Crippen MR) is 109 cm³/mol. The molecule has 0 aromatic heterocycles. The zero-order valence-electron chi connectivity index (χ0n) is 15.8. The summed E-state index contributed by atoms with van der Waals surface area (Å²) in [7, 11) is -3.20. The molecule has 0 atom stereocenters. The number of rotatable bonds is 11. The summed E-state index contributed by atoms with van der Waals surface area (Å²) in [6.45, 7) is 2.13. The molecule has 13 nitrogen and oxygen atoms in total. The van der Waals surface area contributed by atoms with Gasteiger partial charge in [-0.15, -0.1) is 23.2 Å². The number of nitro benzene ring substituents is 3. The Morgan fingerprint density at radius 2 is 1.40 bits per heavy atom. The number of benzene rings is 1. The lowest BCUT2D eigenvalue weighted by molar-refractivity contribution is -0.407. The van der Waals surface area contributed by atoms with E-state index in [4.69, 9.17) is 27.8 Å². The molecule has 0 radical (unpaired) electrons. The molecule has 0 unspecified atom stereocenters. The van der Waals surface area contributed by atoms with Crippen LogP contribution in [0.2, 0.25) is 0 Å². The van der Waals surface area contributed by atoms with Crippen LogP contribution in [0, 0.1) is 30.3 Å². The van der Waals surface area contributed by atoms with Gasteiger partial charge >= 0.3 is 21.5 Å². The summed E-state index contributed by atoms with van der Waals surface area (Å²) >= 11 is 11.1. The van der Waals surface area contributed by atoms with Crippen LogP contribution in [0.3, 0.4) is 0 Å². The summed E-state index contributed by atoms with van der Waals surface area (Å²) in [4.78, 5) is 28.4. The van der Waals surface area contributed by atoms with Gasteiger partial charge in [-0.1, -0.05) is 6.42 Å². The normalized spacial score (nSPS) is 11.0. The molecule has 170 valence electrons. The van der Waals surface area contributed by atoms with Gasteiger partial charge in [0.2, 0.25) is 4.90 Å². The molecule has 1 rings (SSSR count). The van der Waals surface area contributed by atoms with Crippen molar-refractivity contribution in [1.82, 2.24) is 4.90 Å². The summed E-state index contributed by atoms with van der Waals surface area (Å²) in [6.07, 6.45) is 3.60. The van der Waals surface area contributed by atoms with Gasteiger partial charge in [0.25, 0.3) is 5.69 Å². The maximum absolute atomic E-state index is 10.9. The maximum Gasteiger partial charge on any atom is 0.308 e. The van der Waals surface area contributed by atoms with Gasteiger partial charge in [0.15, 0.2) is 0 Å². The van der Waals surface area contributed by atoms with Crippen molar-refractivity contribution >= 4 is 50.4 Å². The molecule has 1 N–H and O–H groups in total. The van der Waals surface area contributed by atoms with Crippen LogP contribution in [-0.4, -0.2) is 64.5 Å². The highest BCUT2D eigenvalue weighted by atomic mass is 35.5. The van der Waals surface area contributed by atoms with E-state index in [1.807, 2.05) is 0 Å². The van der Waals surface area contributed by atoms with Gasteiger partial charge in [-0.3, -0.25) is 34.9 Å². The van der Waals surface area contributed by atoms with E-state index in [2.05, 4.69) is 11.9 Å². The molecule has 0 aliphatic heterocycles. The van der Waals surface area contributed by atoms with Gasteiger partial charge in [-0.05, 0) is 26.4 Å².